The molecule has 0 fully saturated rings. The third-order valence-corrected chi connectivity index (χ3v) is 3.39. The molecule has 2 aromatic rings. The Morgan fingerprint density at radius 1 is 1.25 bits per heavy atom. The fraction of sp³-hybridized carbons (Fsp3) is 0.133. The second kappa shape index (κ2) is 6.77. The summed E-state index contributed by atoms with van der Waals surface area (Å²) in [4.78, 5) is 11.3. The van der Waals surface area contributed by atoms with Crippen LogP contribution in [0.15, 0.2) is 53.0 Å². The van der Waals surface area contributed by atoms with Gasteiger partial charge in [0.25, 0.3) is 0 Å². The SMILES string of the molecule is O=C(O)[C@@H](Cc1cccc(Br)c1)Oc1cccc(Cl)c1. The topological polar surface area (TPSA) is 46.5 Å². The number of rotatable bonds is 5. The van der Waals surface area contributed by atoms with Crippen LogP contribution in [-0.2, 0) is 11.2 Å². The zero-order valence-corrected chi connectivity index (χ0v) is 12.8. The van der Waals surface area contributed by atoms with Gasteiger partial charge in [-0.15, -0.1) is 0 Å². The van der Waals surface area contributed by atoms with Crippen LogP contribution in [0.4, 0.5) is 0 Å². The average Bonchev–Trinajstić information content (AvgIpc) is 2.38. The maximum Gasteiger partial charge on any atom is 0.345 e. The van der Waals surface area contributed by atoms with E-state index in [1.165, 1.54) is 0 Å². The Hall–Kier alpha value is -1.52. The summed E-state index contributed by atoms with van der Waals surface area (Å²) in [5.74, 6) is -0.565. The third-order valence-electron chi connectivity index (χ3n) is 2.66. The summed E-state index contributed by atoms with van der Waals surface area (Å²) in [7, 11) is 0. The number of ether oxygens (including phenoxy) is 1. The molecule has 0 aliphatic heterocycles. The number of hydrogen-bond donors (Lipinski definition) is 1. The Bertz CT molecular complexity index is 568. The van der Waals surface area contributed by atoms with Crippen molar-refractivity contribution in [2.75, 3.05) is 0 Å². The fourth-order valence-electron chi connectivity index (χ4n) is 1.76. The van der Waals surface area contributed by atoms with Crippen molar-refractivity contribution in [3.05, 3.63) is 63.6 Å². The van der Waals surface area contributed by atoms with E-state index in [1.54, 1.807) is 24.3 Å². The van der Waals surface area contributed by atoms with Gasteiger partial charge in [-0.25, -0.2) is 4.79 Å². The zero-order valence-electron chi connectivity index (χ0n) is 10.4. The van der Waals surface area contributed by atoms with Crippen molar-refractivity contribution in [1.29, 1.82) is 0 Å². The minimum Gasteiger partial charge on any atom is -0.478 e. The van der Waals surface area contributed by atoms with E-state index >= 15 is 0 Å². The van der Waals surface area contributed by atoms with Gasteiger partial charge in [-0.1, -0.05) is 45.7 Å². The highest BCUT2D eigenvalue weighted by Gasteiger charge is 2.20. The van der Waals surface area contributed by atoms with E-state index in [0.29, 0.717) is 10.8 Å². The molecule has 0 heterocycles. The first-order chi connectivity index (χ1) is 9.54. The standard InChI is InChI=1S/C15H12BrClO3/c16-11-4-1-3-10(7-11)8-14(15(18)19)20-13-6-2-5-12(17)9-13/h1-7,9,14H,8H2,(H,18,19)/t14-/m1/s1. The van der Waals surface area contributed by atoms with Gasteiger partial charge in [0.05, 0.1) is 0 Å². The van der Waals surface area contributed by atoms with Crippen molar-refractivity contribution < 1.29 is 14.6 Å². The summed E-state index contributed by atoms with van der Waals surface area (Å²) in [5, 5.41) is 9.77. The van der Waals surface area contributed by atoms with Crippen LogP contribution in [0.25, 0.3) is 0 Å². The van der Waals surface area contributed by atoms with Crippen molar-refractivity contribution in [3.8, 4) is 5.75 Å². The molecule has 0 spiro atoms. The molecule has 1 N–H and O–H groups in total. The highest BCUT2D eigenvalue weighted by molar-refractivity contribution is 9.10. The lowest BCUT2D eigenvalue weighted by Crippen LogP contribution is -2.29. The molecular weight excluding hydrogens is 344 g/mol. The van der Waals surface area contributed by atoms with Gasteiger partial charge in [0.1, 0.15) is 5.75 Å². The van der Waals surface area contributed by atoms with Gasteiger partial charge >= 0.3 is 5.97 Å². The van der Waals surface area contributed by atoms with Crippen LogP contribution in [0.5, 0.6) is 5.75 Å². The van der Waals surface area contributed by atoms with Crippen LogP contribution in [0.2, 0.25) is 5.02 Å². The molecule has 104 valence electrons. The van der Waals surface area contributed by atoms with E-state index in [1.807, 2.05) is 24.3 Å². The molecule has 0 aromatic heterocycles. The molecule has 0 radical (unpaired) electrons. The highest BCUT2D eigenvalue weighted by atomic mass is 79.9. The maximum atomic E-state index is 11.3. The van der Waals surface area contributed by atoms with E-state index in [-0.39, 0.29) is 6.42 Å². The van der Waals surface area contributed by atoms with E-state index in [2.05, 4.69) is 15.9 Å². The smallest absolute Gasteiger partial charge is 0.345 e. The largest absolute Gasteiger partial charge is 0.478 e. The number of halogens is 2. The lowest BCUT2D eigenvalue weighted by atomic mass is 10.1. The molecule has 1 atom stereocenters. The number of benzene rings is 2. The van der Waals surface area contributed by atoms with Crippen LogP contribution in [0.3, 0.4) is 0 Å². The molecule has 0 bridgehead atoms. The lowest BCUT2D eigenvalue weighted by molar-refractivity contribution is -0.145. The molecule has 2 aromatic carbocycles. The van der Waals surface area contributed by atoms with Gasteiger partial charge in [0.15, 0.2) is 6.10 Å². The molecule has 3 nitrogen and oxygen atoms in total. The predicted octanol–water partition coefficient (Wildman–Crippen LogP) is 4.18. The first-order valence-electron chi connectivity index (χ1n) is 5.94. The molecule has 0 saturated heterocycles. The van der Waals surface area contributed by atoms with E-state index < -0.39 is 12.1 Å². The predicted molar refractivity (Wildman–Crippen MR) is 81.3 cm³/mol. The van der Waals surface area contributed by atoms with E-state index in [0.717, 1.165) is 10.0 Å². The molecule has 0 saturated carbocycles. The third kappa shape index (κ3) is 4.25. The summed E-state index contributed by atoms with van der Waals surface area (Å²) >= 11 is 9.22. The first-order valence-corrected chi connectivity index (χ1v) is 7.11. The van der Waals surface area contributed by atoms with Crippen molar-refractivity contribution in [2.45, 2.75) is 12.5 Å². The average molecular weight is 356 g/mol. The van der Waals surface area contributed by atoms with Crippen LogP contribution in [0.1, 0.15) is 5.56 Å². The summed E-state index contributed by atoms with van der Waals surface area (Å²) in [6.07, 6.45) is -0.677. The summed E-state index contributed by atoms with van der Waals surface area (Å²) in [6, 6.07) is 14.2. The molecule has 20 heavy (non-hydrogen) atoms. The first kappa shape index (κ1) is 14.9. The quantitative estimate of drug-likeness (QED) is 0.875. The van der Waals surface area contributed by atoms with Gasteiger partial charge in [-0.05, 0) is 35.9 Å². The highest BCUT2D eigenvalue weighted by Crippen LogP contribution is 2.20. The molecule has 0 aliphatic carbocycles. The number of carboxylic acids is 1. The van der Waals surface area contributed by atoms with Crippen LogP contribution >= 0.6 is 27.5 Å². The number of carbonyl (C=O) groups is 1. The summed E-state index contributed by atoms with van der Waals surface area (Å²) in [6.45, 7) is 0. The monoisotopic (exact) mass is 354 g/mol. The Labute approximate surface area is 130 Å². The molecule has 5 heteroatoms. The fourth-order valence-corrected chi connectivity index (χ4v) is 2.39. The van der Waals surface area contributed by atoms with Crippen molar-refractivity contribution in [1.82, 2.24) is 0 Å². The summed E-state index contributed by atoms with van der Waals surface area (Å²) < 4.78 is 6.41. The van der Waals surface area contributed by atoms with Crippen molar-refractivity contribution in [3.63, 3.8) is 0 Å². The van der Waals surface area contributed by atoms with Gasteiger partial charge in [-0.2, -0.15) is 0 Å². The van der Waals surface area contributed by atoms with Crippen LogP contribution in [-0.4, -0.2) is 17.2 Å². The van der Waals surface area contributed by atoms with Crippen LogP contribution < -0.4 is 4.74 Å². The Kier molecular flexibility index (Phi) is 5.04. The molecule has 0 aliphatic rings. The maximum absolute atomic E-state index is 11.3. The molecule has 2 rings (SSSR count). The second-order valence-corrected chi connectivity index (χ2v) is 5.59. The molecular formula is C15H12BrClO3. The number of aliphatic carboxylic acids is 1. The Morgan fingerprint density at radius 2 is 2.00 bits per heavy atom. The molecule has 0 unspecified atom stereocenters. The van der Waals surface area contributed by atoms with E-state index in [4.69, 9.17) is 16.3 Å². The normalized spacial score (nSPS) is 11.9. The van der Waals surface area contributed by atoms with Gasteiger partial charge in [0.2, 0.25) is 0 Å². The zero-order chi connectivity index (χ0) is 14.5. The minimum absolute atomic E-state index is 0.279. The lowest BCUT2D eigenvalue weighted by Gasteiger charge is -2.15. The number of carboxylic acid groups (broad SMARTS) is 1. The van der Waals surface area contributed by atoms with Crippen LogP contribution in [0, 0.1) is 0 Å². The van der Waals surface area contributed by atoms with Gasteiger partial charge in [0, 0.05) is 15.9 Å². The Balaban J connectivity index is 2.13. The Morgan fingerprint density at radius 3 is 2.65 bits per heavy atom. The van der Waals surface area contributed by atoms with Gasteiger partial charge < -0.3 is 9.84 Å². The second-order valence-electron chi connectivity index (χ2n) is 4.24. The van der Waals surface area contributed by atoms with Crippen molar-refractivity contribution in [2.24, 2.45) is 0 Å². The molecule has 0 amide bonds. The number of hydrogen-bond acceptors (Lipinski definition) is 2. The summed E-state index contributed by atoms with van der Waals surface area (Å²) in [5.41, 5.74) is 0.883. The van der Waals surface area contributed by atoms with E-state index in [9.17, 15) is 9.90 Å². The van der Waals surface area contributed by atoms with Gasteiger partial charge in [-0.3, -0.25) is 0 Å². The van der Waals surface area contributed by atoms with Crippen molar-refractivity contribution >= 4 is 33.5 Å². The minimum atomic E-state index is -1.01.